The van der Waals surface area contributed by atoms with Crippen LogP contribution in [0.2, 0.25) is 0 Å². The number of nitrogens with zero attached hydrogens (tertiary/aromatic N) is 3. The van der Waals surface area contributed by atoms with Gasteiger partial charge in [-0.25, -0.2) is 0 Å². The van der Waals surface area contributed by atoms with Gasteiger partial charge in [0.15, 0.2) is 17.3 Å². The molecule has 1 fully saturated rings. The lowest BCUT2D eigenvalue weighted by atomic mass is 10.1. The first-order valence-electron chi connectivity index (χ1n) is 8.95. The van der Waals surface area contributed by atoms with E-state index < -0.39 is 0 Å². The lowest BCUT2D eigenvalue weighted by molar-refractivity contribution is 0.174. The van der Waals surface area contributed by atoms with E-state index >= 15 is 0 Å². The number of fused-ring (bicyclic) bond motifs is 1. The lowest BCUT2D eigenvalue weighted by Gasteiger charge is -2.16. The van der Waals surface area contributed by atoms with E-state index in [1.807, 2.05) is 18.2 Å². The fourth-order valence-corrected chi connectivity index (χ4v) is 3.31. The molecule has 1 aliphatic heterocycles. The molecule has 0 spiro atoms. The molecule has 1 saturated carbocycles. The Labute approximate surface area is 147 Å². The van der Waals surface area contributed by atoms with Crippen molar-refractivity contribution >= 4 is 11.8 Å². The Bertz CT molecular complexity index is 716. The number of hydrogen-bond acceptors (Lipinski definition) is 7. The molecule has 2 aromatic rings. The van der Waals surface area contributed by atoms with Crippen LogP contribution in [0.3, 0.4) is 0 Å². The second kappa shape index (κ2) is 7.55. The molecular weight excluding hydrogens is 318 g/mol. The fraction of sp³-hybridized carbons (Fsp3) is 0.500. The van der Waals surface area contributed by atoms with E-state index in [4.69, 9.17) is 9.47 Å². The van der Waals surface area contributed by atoms with Gasteiger partial charge in [0, 0.05) is 12.6 Å². The van der Waals surface area contributed by atoms with E-state index in [9.17, 15) is 0 Å². The van der Waals surface area contributed by atoms with Crippen LogP contribution in [-0.4, -0.2) is 28.0 Å². The van der Waals surface area contributed by atoms with Crippen molar-refractivity contribution in [3.05, 3.63) is 30.0 Å². The van der Waals surface area contributed by atoms with Gasteiger partial charge in [0.25, 0.3) is 0 Å². The lowest BCUT2D eigenvalue weighted by Crippen LogP contribution is -2.19. The van der Waals surface area contributed by atoms with Crippen LogP contribution in [0.4, 0.5) is 11.8 Å². The van der Waals surface area contributed by atoms with Crippen LogP contribution >= 0.6 is 0 Å². The zero-order valence-corrected chi connectivity index (χ0v) is 14.2. The van der Waals surface area contributed by atoms with Gasteiger partial charge in [-0.15, -0.1) is 5.10 Å². The third-order valence-electron chi connectivity index (χ3n) is 4.65. The van der Waals surface area contributed by atoms with Crippen molar-refractivity contribution in [2.45, 2.75) is 51.1 Å². The minimum atomic E-state index is 0.286. The monoisotopic (exact) mass is 341 g/mol. The van der Waals surface area contributed by atoms with Gasteiger partial charge >= 0.3 is 0 Å². The summed E-state index contributed by atoms with van der Waals surface area (Å²) in [6, 6.07) is 6.38. The van der Waals surface area contributed by atoms with Crippen molar-refractivity contribution in [1.82, 2.24) is 15.2 Å². The van der Waals surface area contributed by atoms with Crippen LogP contribution in [0.1, 0.15) is 44.1 Å². The summed E-state index contributed by atoms with van der Waals surface area (Å²) < 4.78 is 10.7. The number of rotatable bonds is 5. The highest BCUT2D eigenvalue weighted by Crippen LogP contribution is 2.32. The van der Waals surface area contributed by atoms with Crippen molar-refractivity contribution < 1.29 is 9.47 Å². The first-order valence-corrected chi connectivity index (χ1v) is 8.95. The summed E-state index contributed by atoms with van der Waals surface area (Å²) in [7, 11) is 0. The number of aromatic nitrogens is 3. The van der Waals surface area contributed by atoms with Crippen LogP contribution in [-0.2, 0) is 6.54 Å². The van der Waals surface area contributed by atoms with Crippen LogP contribution in [0.25, 0.3) is 0 Å². The minimum absolute atomic E-state index is 0.286. The molecule has 2 aliphatic rings. The smallest absolute Gasteiger partial charge is 0.244 e. The van der Waals surface area contributed by atoms with Gasteiger partial charge in [-0.05, 0) is 30.5 Å². The Balaban J connectivity index is 1.36. The van der Waals surface area contributed by atoms with Gasteiger partial charge in [-0.1, -0.05) is 31.7 Å². The largest absolute Gasteiger partial charge is 0.454 e. The zero-order chi connectivity index (χ0) is 16.9. The first kappa shape index (κ1) is 15.9. The predicted molar refractivity (Wildman–Crippen MR) is 94.8 cm³/mol. The van der Waals surface area contributed by atoms with E-state index in [1.54, 1.807) is 6.20 Å². The van der Waals surface area contributed by atoms with E-state index in [2.05, 4.69) is 25.8 Å². The van der Waals surface area contributed by atoms with Crippen LogP contribution < -0.4 is 20.1 Å². The second-order valence-electron chi connectivity index (χ2n) is 6.54. The summed E-state index contributed by atoms with van der Waals surface area (Å²) in [5, 5.41) is 14.9. The maximum absolute atomic E-state index is 5.40. The first-order chi connectivity index (χ1) is 12.4. The standard InChI is InChI=1S/C18H23N5O2/c1-2-4-6-14(5-3-1)21-17-11-20-23-18(22-17)19-10-13-7-8-15-16(9-13)25-12-24-15/h7-9,11,14H,1-6,10,12H2,(H2,19,21,22,23). The molecule has 2 heterocycles. The molecule has 25 heavy (non-hydrogen) atoms. The van der Waals surface area contributed by atoms with Crippen molar-refractivity contribution in [3.8, 4) is 11.5 Å². The molecule has 1 aromatic heterocycles. The summed E-state index contributed by atoms with van der Waals surface area (Å²) in [6.45, 7) is 0.888. The third-order valence-corrected chi connectivity index (χ3v) is 4.65. The average molecular weight is 341 g/mol. The Morgan fingerprint density at radius 2 is 1.88 bits per heavy atom. The van der Waals surface area contributed by atoms with Crippen LogP contribution in [0.15, 0.2) is 24.4 Å². The molecule has 0 amide bonds. The SMILES string of the molecule is c1cc2c(cc1CNc1nncc(NC3CCCCCC3)n1)OCO2. The van der Waals surface area contributed by atoms with Gasteiger partial charge in [-0.2, -0.15) is 10.1 Å². The summed E-state index contributed by atoms with van der Waals surface area (Å²) in [4.78, 5) is 4.53. The predicted octanol–water partition coefficient (Wildman–Crippen LogP) is 3.35. The van der Waals surface area contributed by atoms with Gasteiger partial charge in [0.2, 0.25) is 12.7 Å². The second-order valence-corrected chi connectivity index (χ2v) is 6.54. The molecule has 4 rings (SSSR count). The topological polar surface area (TPSA) is 81.2 Å². The highest BCUT2D eigenvalue weighted by molar-refractivity contribution is 5.45. The van der Waals surface area contributed by atoms with Gasteiger partial charge in [0.1, 0.15) is 0 Å². The normalized spacial score (nSPS) is 17.1. The number of benzene rings is 1. The fourth-order valence-electron chi connectivity index (χ4n) is 3.31. The molecule has 0 unspecified atom stereocenters. The van der Waals surface area contributed by atoms with E-state index in [0.29, 0.717) is 18.5 Å². The Hall–Kier alpha value is -2.57. The molecule has 0 bridgehead atoms. The average Bonchev–Trinajstić information content (AvgIpc) is 2.96. The summed E-state index contributed by atoms with van der Waals surface area (Å²) in [6.07, 6.45) is 9.33. The number of nitrogens with one attached hydrogen (secondary N) is 2. The van der Waals surface area contributed by atoms with Gasteiger partial charge in [0.05, 0.1) is 6.20 Å². The summed E-state index contributed by atoms with van der Waals surface area (Å²) >= 11 is 0. The molecular formula is C18H23N5O2. The third kappa shape index (κ3) is 4.10. The van der Waals surface area contributed by atoms with E-state index in [1.165, 1.54) is 38.5 Å². The van der Waals surface area contributed by atoms with Crippen LogP contribution in [0.5, 0.6) is 11.5 Å². The van der Waals surface area contributed by atoms with Gasteiger partial charge < -0.3 is 20.1 Å². The molecule has 132 valence electrons. The molecule has 1 aromatic carbocycles. The van der Waals surface area contributed by atoms with Crippen molar-refractivity contribution in [3.63, 3.8) is 0 Å². The van der Waals surface area contributed by atoms with E-state index in [0.717, 1.165) is 22.9 Å². The maximum atomic E-state index is 5.40. The molecule has 2 N–H and O–H groups in total. The molecule has 0 saturated heterocycles. The van der Waals surface area contributed by atoms with Crippen molar-refractivity contribution in [1.29, 1.82) is 0 Å². The van der Waals surface area contributed by atoms with Crippen molar-refractivity contribution in [2.24, 2.45) is 0 Å². The Kier molecular flexibility index (Phi) is 4.81. The quantitative estimate of drug-likeness (QED) is 0.807. The molecule has 7 nitrogen and oxygen atoms in total. The molecule has 7 heteroatoms. The van der Waals surface area contributed by atoms with Crippen molar-refractivity contribution in [2.75, 3.05) is 17.4 Å². The highest BCUT2D eigenvalue weighted by atomic mass is 16.7. The summed E-state index contributed by atoms with van der Waals surface area (Å²) in [5.41, 5.74) is 1.08. The van der Waals surface area contributed by atoms with E-state index in [-0.39, 0.29) is 6.79 Å². The summed E-state index contributed by atoms with van der Waals surface area (Å²) in [5.74, 6) is 2.88. The molecule has 0 atom stereocenters. The molecule has 1 aliphatic carbocycles. The number of anilines is 2. The Morgan fingerprint density at radius 1 is 1.04 bits per heavy atom. The van der Waals surface area contributed by atoms with Crippen LogP contribution in [0, 0.1) is 0 Å². The number of hydrogen-bond donors (Lipinski definition) is 2. The minimum Gasteiger partial charge on any atom is -0.454 e. The zero-order valence-electron chi connectivity index (χ0n) is 14.2. The Morgan fingerprint density at radius 3 is 2.76 bits per heavy atom. The molecule has 0 radical (unpaired) electrons. The highest BCUT2D eigenvalue weighted by Gasteiger charge is 2.14. The number of ether oxygens (including phenoxy) is 2. The maximum Gasteiger partial charge on any atom is 0.244 e. The van der Waals surface area contributed by atoms with Gasteiger partial charge in [-0.3, -0.25) is 0 Å².